The summed E-state index contributed by atoms with van der Waals surface area (Å²) in [5, 5.41) is 7.82. The third-order valence-electron chi connectivity index (χ3n) is 2.67. The molecule has 0 N–H and O–H groups in total. The molecule has 0 aliphatic heterocycles. The molecular formula is C12H19N3O2. The molecule has 0 unspecified atom stereocenters. The van der Waals surface area contributed by atoms with Gasteiger partial charge in [0.15, 0.2) is 6.61 Å². The summed E-state index contributed by atoms with van der Waals surface area (Å²) in [6, 6.07) is 1.79. The van der Waals surface area contributed by atoms with Crippen LogP contribution in [0.4, 0.5) is 0 Å². The molecule has 0 bridgehead atoms. The highest BCUT2D eigenvalue weighted by Crippen LogP contribution is 2.10. The maximum Gasteiger partial charge on any atom is 0.260 e. The van der Waals surface area contributed by atoms with Crippen molar-refractivity contribution in [3.63, 3.8) is 0 Å². The van der Waals surface area contributed by atoms with E-state index in [0.717, 1.165) is 11.3 Å². The zero-order chi connectivity index (χ0) is 12.8. The zero-order valence-electron chi connectivity index (χ0n) is 10.9. The first-order chi connectivity index (χ1) is 8.08. The van der Waals surface area contributed by atoms with Gasteiger partial charge in [0.1, 0.15) is 0 Å². The number of amides is 1. The Kier molecular flexibility index (Phi) is 4.87. The number of rotatable bonds is 5. The van der Waals surface area contributed by atoms with Gasteiger partial charge in [0.2, 0.25) is 5.88 Å². The van der Waals surface area contributed by atoms with E-state index < -0.39 is 0 Å². The predicted octanol–water partition coefficient (Wildman–Crippen LogP) is 1.34. The number of aryl methyl sites for hydroxylation is 2. The van der Waals surface area contributed by atoms with E-state index in [-0.39, 0.29) is 12.5 Å². The summed E-state index contributed by atoms with van der Waals surface area (Å²) in [5.74, 6) is 0.364. The Morgan fingerprint density at radius 1 is 1.29 bits per heavy atom. The average molecular weight is 237 g/mol. The number of likely N-dealkylation sites (N-methyl/N-ethyl adjacent to an activating group) is 1. The number of hydrogen-bond acceptors (Lipinski definition) is 4. The average Bonchev–Trinajstić information content (AvgIpc) is 2.32. The smallest absolute Gasteiger partial charge is 0.260 e. The Bertz CT molecular complexity index is 389. The van der Waals surface area contributed by atoms with Crippen molar-refractivity contribution >= 4 is 5.91 Å². The van der Waals surface area contributed by atoms with E-state index in [4.69, 9.17) is 4.74 Å². The second-order valence-electron chi connectivity index (χ2n) is 3.81. The van der Waals surface area contributed by atoms with Crippen LogP contribution < -0.4 is 4.74 Å². The highest BCUT2D eigenvalue weighted by atomic mass is 16.5. The molecule has 0 spiro atoms. The predicted molar refractivity (Wildman–Crippen MR) is 64.9 cm³/mol. The van der Waals surface area contributed by atoms with Crippen molar-refractivity contribution in [2.45, 2.75) is 27.7 Å². The van der Waals surface area contributed by atoms with Gasteiger partial charge in [-0.15, -0.1) is 5.10 Å². The van der Waals surface area contributed by atoms with E-state index in [1.165, 1.54) is 0 Å². The lowest BCUT2D eigenvalue weighted by molar-refractivity contribution is -0.133. The summed E-state index contributed by atoms with van der Waals surface area (Å²) >= 11 is 0. The monoisotopic (exact) mass is 237 g/mol. The summed E-state index contributed by atoms with van der Waals surface area (Å²) < 4.78 is 5.32. The molecule has 1 aromatic rings. The fourth-order valence-electron chi connectivity index (χ4n) is 1.40. The van der Waals surface area contributed by atoms with E-state index in [0.29, 0.717) is 19.0 Å². The molecule has 1 amide bonds. The molecule has 0 aromatic carbocycles. The first kappa shape index (κ1) is 13.4. The minimum atomic E-state index is -0.0324. The molecule has 0 aliphatic carbocycles. The summed E-state index contributed by atoms with van der Waals surface area (Å²) in [4.78, 5) is 13.4. The number of hydrogen-bond donors (Lipinski definition) is 0. The van der Waals surface area contributed by atoms with Crippen LogP contribution in [-0.4, -0.2) is 40.7 Å². The van der Waals surface area contributed by atoms with Crippen molar-refractivity contribution in [1.82, 2.24) is 15.1 Å². The Morgan fingerprint density at radius 2 is 1.94 bits per heavy atom. The SMILES string of the molecule is CCN(CC)C(=O)COc1cc(C)c(C)nn1. The van der Waals surface area contributed by atoms with E-state index in [1.807, 2.05) is 27.7 Å². The van der Waals surface area contributed by atoms with Crippen molar-refractivity contribution in [3.8, 4) is 5.88 Å². The fourth-order valence-corrected chi connectivity index (χ4v) is 1.40. The molecule has 17 heavy (non-hydrogen) atoms. The third kappa shape index (κ3) is 3.69. The number of carbonyl (C=O) groups is 1. The van der Waals surface area contributed by atoms with Gasteiger partial charge in [-0.25, -0.2) is 0 Å². The molecule has 0 saturated carbocycles. The molecule has 94 valence electrons. The van der Waals surface area contributed by atoms with Crippen molar-refractivity contribution in [2.75, 3.05) is 19.7 Å². The van der Waals surface area contributed by atoms with Crippen LogP contribution in [0.25, 0.3) is 0 Å². The van der Waals surface area contributed by atoms with Crippen LogP contribution in [0.2, 0.25) is 0 Å². The highest BCUT2D eigenvalue weighted by Gasteiger charge is 2.10. The lowest BCUT2D eigenvalue weighted by Gasteiger charge is -2.18. The van der Waals surface area contributed by atoms with Crippen molar-refractivity contribution < 1.29 is 9.53 Å². The van der Waals surface area contributed by atoms with Gasteiger partial charge in [0.25, 0.3) is 5.91 Å². The van der Waals surface area contributed by atoms with Gasteiger partial charge >= 0.3 is 0 Å². The molecule has 1 rings (SSSR count). The Labute approximate surface area is 102 Å². The standard InChI is InChI=1S/C12H19N3O2/c1-5-15(6-2)12(16)8-17-11-7-9(3)10(4)13-14-11/h7H,5-6,8H2,1-4H3. The molecule has 0 aliphatic rings. The summed E-state index contributed by atoms with van der Waals surface area (Å²) in [5.41, 5.74) is 1.87. The van der Waals surface area contributed by atoms with Gasteiger partial charge in [0, 0.05) is 19.2 Å². The quantitative estimate of drug-likeness (QED) is 0.775. The topological polar surface area (TPSA) is 55.3 Å². The molecule has 0 radical (unpaired) electrons. The fraction of sp³-hybridized carbons (Fsp3) is 0.583. The number of ether oxygens (including phenoxy) is 1. The van der Waals surface area contributed by atoms with Gasteiger partial charge in [-0.1, -0.05) is 0 Å². The molecule has 0 fully saturated rings. The van der Waals surface area contributed by atoms with Crippen LogP contribution in [0, 0.1) is 13.8 Å². The summed E-state index contributed by atoms with van der Waals surface area (Å²) in [6.07, 6.45) is 0. The largest absolute Gasteiger partial charge is 0.466 e. The minimum absolute atomic E-state index is 0.0128. The molecule has 5 heteroatoms. The van der Waals surface area contributed by atoms with Crippen LogP contribution in [-0.2, 0) is 4.79 Å². The second-order valence-corrected chi connectivity index (χ2v) is 3.81. The third-order valence-corrected chi connectivity index (χ3v) is 2.67. The van der Waals surface area contributed by atoms with E-state index in [9.17, 15) is 4.79 Å². The number of aromatic nitrogens is 2. The zero-order valence-corrected chi connectivity index (χ0v) is 10.9. The van der Waals surface area contributed by atoms with Crippen molar-refractivity contribution in [2.24, 2.45) is 0 Å². The van der Waals surface area contributed by atoms with Crippen LogP contribution in [0.1, 0.15) is 25.1 Å². The van der Waals surface area contributed by atoms with Gasteiger partial charge < -0.3 is 9.64 Å². The lowest BCUT2D eigenvalue weighted by atomic mass is 10.2. The Hall–Kier alpha value is -1.65. The maximum atomic E-state index is 11.7. The van der Waals surface area contributed by atoms with E-state index >= 15 is 0 Å². The molecule has 0 saturated heterocycles. The van der Waals surface area contributed by atoms with Crippen molar-refractivity contribution in [3.05, 3.63) is 17.3 Å². The van der Waals surface area contributed by atoms with Crippen LogP contribution in [0.5, 0.6) is 5.88 Å². The number of carbonyl (C=O) groups excluding carboxylic acids is 1. The summed E-state index contributed by atoms with van der Waals surface area (Å²) in [6.45, 7) is 9.10. The first-order valence-corrected chi connectivity index (χ1v) is 5.80. The molecular weight excluding hydrogens is 218 g/mol. The van der Waals surface area contributed by atoms with E-state index in [1.54, 1.807) is 11.0 Å². The van der Waals surface area contributed by atoms with Crippen LogP contribution in [0.15, 0.2) is 6.07 Å². The second kappa shape index (κ2) is 6.18. The molecule has 1 heterocycles. The lowest BCUT2D eigenvalue weighted by Crippen LogP contribution is -2.34. The Morgan fingerprint density at radius 3 is 2.47 bits per heavy atom. The highest BCUT2D eigenvalue weighted by molar-refractivity contribution is 5.77. The number of nitrogens with zero attached hydrogens (tertiary/aromatic N) is 3. The summed E-state index contributed by atoms with van der Waals surface area (Å²) in [7, 11) is 0. The van der Waals surface area contributed by atoms with Crippen LogP contribution in [0.3, 0.4) is 0 Å². The first-order valence-electron chi connectivity index (χ1n) is 5.80. The maximum absolute atomic E-state index is 11.7. The van der Waals surface area contributed by atoms with E-state index in [2.05, 4.69) is 10.2 Å². The molecule has 1 aromatic heterocycles. The van der Waals surface area contributed by atoms with Crippen LogP contribution >= 0.6 is 0 Å². The van der Waals surface area contributed by atoms with Crippen molar-refractivity contribution in [1.29, 1.82) is 0 Å². The Balaban J connectivity index is 2.55. The van der Waals surface area contributed by atoms with Gasteiger partial charge in [-0.05, 0) is 33.3 Å². The van der Waals surface area contributed by atoms with Gasteiger partial charge in [-0.2, -0.15) is 5.10 Å². The molecule has 0 atom stereocenters. The van der Waals surface area contributed by atoms with Gasteiger partial charge in [-0.3, -0.25) is 4.79 Å². The molecule has 5 nitrogen and oxygen atoms in total. The minimum Gasteiger partial charge on any atom is -0.466 e. The normalized spacial score (nSPS) is 10.1. The van der Waals surface area contributed by atoms with Gasteiger partial charge in [0.05, 0.1) is 5.69 Å².